The molecule has 0 radical (unpaired) electrons. The molecule has 1 aromatic rings. The van der Waals surface area contributed by atoms with Crippen molar-refractivity contribution < 1.29 is 9.84 Å². The van der Waals surface area contributed by atoms with Crippen molar-refractivity contribution in [3.05, 3.63) is 17.5 Å². The molecule has 0 saturated heterocycles. The number of aryl methyl sites for hydroxylation is 2. The fourth-order valence-electron chi connectivity index (χ4n) is 1.54. The van der Waals surface area contributed by atoms with Crippen molar-refractivity contribution in [2.45, 2.75) is 26.9 Å². The van der Waals surface area contributed by atoms with Gasteiger partial charge in [0.05, 0.1) is 31.2 Å². The fourth-order valence-corrected chi connectivity index (χ4v) is 1.54. The molecule has 5 nitrogen and oxygen atoms in total. The van der Waals surface area contributed by atoms with Crippen LogP contribution in [0.1, 0.15) is 18.3 Å². The highest BCUT2D eigenvalue weighted by Gasteiger charge is 2.02. The number of aliphatic hydroxyl groups is 1. The molecule has 1 rings (SSSR count). The summed E-state index contributed by atoms with van der Waals surface area (Å²) in [4.78, 5) is 0. The Bertz CT molecular complexity index is 299. The summed E-state index contributed by atoms with van der Waals surface area (Å²) in [5.74, 6) is 0. The minimum Gasteiger partial charge on any atom is -0.394 e. The van der Waals surface area contributed by atoms with E-state index in [1.165, 1.54) is 5.69 Å². The van der Waals surface area contributed by atoms with Crippen molar-refractivity contribution in [3.63, 3.8) is 0 Å². The summed E-state index contributed by atoms with van der Waals surface area (Å²) in [5, 5.41) is 16.2. The molecule has 5 heteroatoms. The number of aromatic nitrogens is 2. The first-order chi connectivity index (χ1) is 7.77. The lowest BCUT2D eigenvalue weighted by molar-refractivity contribution is 0.0937. The topological polar surface area (TPSA) is 59.3 Å². The Labute approximate surface area is 96.4 Å². The van der Waals surface area contributed by atoms with E-state index in [0.717, 1.165) is 25.3 Å². The highest BCUT2D eigenvalue weighted by Crippen LogP contribution is 2.02. The first-order valence-electron chi connectivity index (χ1n) is 5.70. The van der Waals surface area contributed by atoms with Crippen molar-refractivity contribution in [3.8, 4) is 0 Å². The maximum Gasteiger partial charge on any atom is 0.0698 e. The van der Waals surface area contributed by atoms with Gasteiger partial charge in [0.1, 0.15) is 0 Å². The molecule has 0 aliphatic rings. The molecular formula is C11H21N3O2. The predicted octanol–water partition coefficient (Wildman–Crippen LogP) is 0.310. The number of nitrogens with zero attached hydrogens (tertiary/aromatic N) is 2. The second kappa shape index (κ2) is 7.38. The van der Waals surface area contributed by atoms with Crippen LogP contribution in [0.2, 0.25) is 0 Å². The Balaban J connectivity index is 2.21. The first-order valence-corrected chi connectivity index (χ1v) is 5.70. The third kappa shape index (κ3) is 4.30. The van der Waals surface area contributed by atoms with Crippen LogP contribution in [0.4, 0.5) is 0 Å². The van der Waals surface area contributed by atoms with E-state index in [0.29, 0.717) is 13.2 Å². The Morgan fingerprint density at radius 2 is 2.31 bits per heavy atom. The minimum absolute atomic E-state index is 0.0851. The van der Waals surface area contributed by atoms with E-state index >= 15 is 0 Å². The zero-order valence-corrected chi connectivity index (χ0v) is 10.1. The molecule has 0 saturated carbocycles. The average Bonchev–Trinajstić information content (AvgIpc) is 2.64. The van der Waals surface area contributed by atoms with Crippen LogP contribution in [-0.4, -0.2) is 41.3 Å². The van der Waals surface area contributed by atoms with Crippen LogP contribution < -0.4 is 5.32 Å². The van der Waals surface area contributed by atoms with Crippen molar-refractivity contribution in [2.24, 2.45) is 0 Å². The van der Waals surface area contributed by atoms with Gasteiger partial charge >= 0.3 is 0 Å². The van der Waals surface area contributed by atoms with Gasteiger partial charge in [-0.15, -0.1) is 0 Å². The quantitative estimate of drug-likeness (QED) is 0.628. The van der Waals surface area contributed by atoms with Crippen LogP contribution in [-0.2, 0) is 17.8 Å². The third-order valence-corrected chi connectivity index (χ3v) is 2.25. The largest absolute Gasteiger partial charge is 0.394 e. The van der Waals surface area contributed by atoms with Gasteiger partial charge in [0.15, 0.2) is 0 Å². The van der Waals surface area contributed by atoms with Gasteiger partial charge in [0.25, 0.3) is 0 Å². The molecule has 0 bridgehead atoms. The van der Waals surface area contributed by atoms with Gasteiger partial charge in [-0.3, -0.25) is 4.68 Å². The van der Waals surface area contributed by atoms with Gasteiger partial charge in [-0.1, -0.05) is 0 Å². The summed E-state index contributed by atoms with van der Waals surface area (Å²) in [6, 6.07) is 2.09. The Hall–Kier alpha value is -0.910. The number of hydrogen-bond donors (Lipinski definition) is 2. The van der Waals surface area contributed by atoms with Crippen molar-refractivity contribution in [2.75, 3.05) is 26.4 Å². The molecule has 0 aliphatic carbocycles. The van der Waals surface area contributed by atoms with Gasteiger partial charge in [0, 0.05) is 19.6 Å². The Morgan fingerprint density at radius 1 is 1.50 bits per heavy atom. The van der Waals surface area contributed by atoms with Gasteiger partial charge in [0.2, 0.25) is 0 Å². The maximum atomic E-state index is 8.51. The zero-order chi connectivity index (χ0) is 11.8. The van der Waals surface area contributed by atoms with Crippen molar-refractivity contribution in [1.82, 2.24) is 15.1 Å². The second-order valence-electron chi connectivity index (χ2n) is 3.61. The summed E-state index contributed by atoms with van der Waals surface area (Å²) in [7, 11) is 0. The van der Waals surface area contributed by atoms with E-state index in [2.05, 4.69) is 23.4 Å². The van der Waals surface area contributed by atoms with E-state index in [1.807, 2.05) is 11.6 Å². The summed E-state index contributed by atoms with van der Waals surface area (Å²) < 4.78 is 7.14. The van der Waals surface area contributed by atoms with E-state index in [-0.39, 0.29) is 6.61 Å². The lowest BCUT2D eigenvalue weighted by Crippen LogP contribution is -2.21. The van der Waals surface area contributed by atoms with Crippen LogP contribution in [0, 0.1) is 6.92 Å². The summed E-state index contributed by atoms with van der Waals surface area (Å²) in [6.07, 6.45) is 0. The number of hydrogen-bond acceptors (Lipinski definition) is 4. The van der Waals surface area contributed by atoms with E-state index < -0.39 is 0 Å². The second-order valence-corrected chi connectivity index (χ2v) is 3.61. The molecule has 1 aromatic heterocycles. The normalized spacial score (nSPS) is 10.9. The monoisotopic (exact) mass is 227 g/mol. The van der Waals surface area contributed by atoms with Crippen LogP contribution in [0.25, 0.3) is 0 Å². The van der Waals surface area contributed by atoms with E-state index in [1.54, 1.807) is 0 Å². The van der Waals surface area contributed by atoms with Crippen LogP contribution >= 0.6 is 0 Å². The lowest BCUT2D eigenvalue weighted by Gasteiger charge is -2.06. The molecule has 0 amide bonds. The Kier molecular flexibility index (Phi) is 6.07. The summed E-state index contributed by atoms with van der Waals surface area (Å²) >= 11 is 0. The molecule has 0 spiro atoms. The minimum atomic E-state index is 0.0851. The van der Waals surface area contributed by atoms with Crippen molar-refractivity contribution in [1.29, 1.82) is 0 Å². The number of aliphatic hydroxyl groups excluding tert-OH is 1. The van der Waals surface area contributed by atoms with Crippen LogP contribution in [0.15, 0.2) is 6.07 Å². The van der Waals surface area contributed by atoms with Gasteiger partial charge in [-0.2, -0.15) is 5.10 Å². The standard InChI is InChI=1S/C11H21N3O2/c1-3-14-11(8-10(2)13-14)9-12-4-6-16-7-5-15/h8,12,15H,3-7,9H2,1-2H3. The van der Waals surface area contributed by atoms with Gasteiger partial charge < -0.3 is 15.2 Å². The lowest BCUT2D eigenvalue weighted by atomic mass is 10.3. The molecule has 92 valence electrons. The van der Waals surface area contributed by atoms with Crippen LogP contribution in [0.5, 0.6) is 0 Å². The molecule has 1 heterocycles. The molecule has 0 aliphatic heterocycles. The zero-order valence-electron chi connectivity index (χ0n) is 10.1. The van der Waals surface area contributed by atoms with E-state index in [9.17, 15) is 0 Å². The molecule has 0 aromatic carbocycles. The van der Waals surface area contributed by atoms with Gasteiger partial charge in [-0.05, 0) is 19.9 Å². The number of nitrogens with one attached hydrogen (secondary N) is 1. The third-order valence-electron chi connectivity index (χ3n) is 2.25. The number of ether oxygens (including phenoxy) is 1. The van der Waals surface area contributed by atoms with E-state index in [4.69, 9.17) is 9.84 Å². The number of rotatable bonds is 8. The molecular weight excluding hydrogens is 206 g/mol. The van der Waals surface area contributed by atoms with Crippen LogP contribution in [0.3, 0.4) is 0 Å². The smallest absolute Gasteiger partial charge is 0.0698 e. The SMILES string of the molecule is CCn1nc(C)cc1CNCCOCCO. The summed E-state index contributed by atoms with van der Waals surface area (Å²) in [5.41, 5.74) is 2.25. The highest BCUT2D eigenvalue weighted by atomic mass is 16.5. The summed E-state index contributed by atoms with van der Waals surface area (Å²) in [6.45, 7) is 7.69. The molecule has 0 atom stereocenters. The Morgan fingerprint density at radius 3 is 3.00 bits per heavy atom. The highest BCUT2D eigenvalue weighted by molar-refractivity contribution is 5.08. The maximum absolute atomic E-state index is 8.51. The van der Waals surface area contributed by atoms with Crippen molar-refractivity contribution >= 4 is 0 Å². The van der Waals surface area contributed by atoms with Gasteiger partial charge in [-0.25, -0.2) is 0 Å². The molecule has 16 heavy (non-hydrogen) atoms. The average molecular weight is 227 g/mol. The molecule has 0 fully saturated rings. The fraction of sp³-hybridized carbons (Fsp3) is 0.727. The molecule has 2 N–H and O–H groups in total. The molecule has 0 unspecified atom stereocenters. The first kappa shape index (κ1) is 13.2. The predicted molar refractivity (Wildman–Crippen MR) is 62.2 cm³/mol.